The third kappa shape index (κ3) is 3.51. The number of para-hydroxylation sites is 1. The number of phenolic OH excluding ortho intramolecular Hbond substituents is 1. The molecule has 2 N–H and O–H groups in total. The van der Waals surface area contributed by atoms with Gasteiger partial charge >= 0.3 is 0 Å². The highest BCUT2D eigenvalue weighted by Crippen LogP contribution is 2.34. The summed E-state index contributed by atoms with van der Waals surface area (Å²) in [6.45, 7) is 5.49. The molecule has 4 aromatic rings. The van der Waals surface area contributed by atoms with Crippen molar-refractivity contribution in [2.24, 2.45) is 0 Å². The van der Waals surface area contributed by atoms with Crippen LogP contribution in [0.1, 0.15) is 42.1 Å². The summed E-state index contributed by atoms with van der Waals surface area (Å²) in [5.74, 6) is 0.678. The predicted molar refractivity (Wildman–Crippen MR) is 115 cm³/mol. The van der Waals surface area contributed by atoms with Crippen LogP contribution in [-0.4, -0.2) is 39.8 Å². The van der Waals surface area contributed by atoms with Crippen molar-refractivity contribution in [1.29, 1.82) is 0 Å². The topological polar surface area (TPSA) is 65.3 Å². The lowest BCUT2D eigenvalue weighted by Crippen LogP contribution is -2.34. The molecular weight excluding hydrogens is 362 g/mol. The maximum atomic E-state index is 9.79. The Morgan fingerprint density at radius 1 is 1.14 bits per heavy atom. The van der Waals surface area contributed by atoms with Gasteiger partial charge in [-0.25, -0.2) is 0 Å². The van der Waals surface area contributed by atoms with E-state index in [0.717, 1.165) is 55.6 Å². The number of aromatic nitrogens is 2. The molecule has 0 spiro atoms. The van der Waals surface area contributed by atoms with Crippen LogP contribution in [0.15, 0.2) is 47.0 Å². The number of benzene rings is 2. The van der Waals surface area contributed by atoms with Gasteiger partial charge in [0.2, 0.25) is 0 Å². The summed E-state index contributed by atoms with van der Waals surface area (Å²) in [6.07, 6.45) is 4.46. The van der Waals surface area contributed by atoms with Crippen LogP contribution in [0.4, 0.5) is 0 Å². The Bertz CT molecular complexity index is 1140. The van der Waals surface area contributed by atoms with E-state index in [1.54, 1.807) is 18.2 Å². The Hall–Kier alpha value is -2.79. The second kappa shape index (κ2) is 7.56. The predicted octanol–water partition coefficient (Wildman–Crippen LogP) is 5.14. The van der Waals surface area contributed by atoms with Gasteiger partial charge in [-0.15, -0.1) is 0 Å². The molecule has 3 heterocycles. The zero-order valence-corrected chi connectivity index (χ0v) is 16.8. The van der Waals surface area contributed by atoms with Crippen LogP contribution in [0.5, 0.6) is 5.75 Å². The molecule has 0 saturated carbocycles. The van der Waals surface area contributed by atoms with E-state index in [-0.39, 0.29) is 5.75 Å². The summed E-state index contributed by atoms with van der Waals surface area (Å²) >= 11 is 0. The first-order chi connectivity index (χ1) is 14.2. The Labute approximate surface area is 170 Å². The maximum Gasteiger partial charge on any atom is 0.167 e. The highest BCUT2D eigenvalue weighted by atomic mass is 16.5. The van der Waals surface area contributed by atoms with Gasteiger partial charge < -0.3 is 19.5 Å². The molecule has 0 bridgehead atoms. The molecule has 1 aliphatic rings. The van der Waals surface area contributed by atoms with Crippen molar-refractivity contribution in [3.05, 3.63) is 59.4 Å². The maximum absolute atomic E-state index is 9.79. The molecule has 1 fully saturated rings. The SMILES string of the molecule is Cc1[nH]c2ccccc2c1CCCN1CCC(c2noc3ccc(O)cc23)CC1. The first-order valence-corrected chi connectivity index (χ1v) is 10.6. The third-order valence-corrected chi connectivity index (χ3v) is 6.38. The number of phenols is 1. The van der Waals surface area contributed by atoms with Crippen LogP contribution in [0, 0.1) is 6.92 Å². The lowest BCUT2D eigenvalue weighted by Gasteiger charge is -2.31. The number of fused-ring (bicyclic) bond motifs is 2. The lowest BCUT2D eigenvalue weighted by molar-refractivity contribution is 0.207. The first-order valence-electron chi connectivity index (χ1n) is 10.6. The number of aromatic amines is 1. The highest BCUT2D eigenvalue weighted by Gasteiger charge is 2.25. The van der Waals surface area contributed by atoms with E-state index in [2.05, 4.69) is 46.2 Å². The number of hydrogen-bond acceptors (Lipinski definition) is 4. The van der Waals surface area contributed by atoms with Crippen LogP contribution in [0.25, 0.3) is 21.9 Å². The van der Waals surface area contributed by atoms with Crippen LogP contribution >= 0.6 is 0 Å². The molecule has 1 saturated heterocycles. The number of nitrogens with zero attached hydrogens (tertiary/aromatic N) is 2. The fourth-order valence-electron chi connectivity index (χ4n) is 4.81. The van der Waals surface area contributed by atoms with Crippen molar-refractivity contribution in [2.75, 3.05) is 19.6 Å². The van der Waals surface area contributed by atoms with E-state index >= 15 is 0 Å². The number of aryl methyl sites for hydroxylation is 2. The van der Waals surface area contributed by atoms with Crippen molar-refractivity contribution in [2.45, 2.75) is 38.5 Å². The van der Waals surface area contributed by atoms with Crippen LogP contribution in [-0.2, 0) is 6.42 Å². The van der Waals surface area contributed by atoms with Gasteiger partial charge in [-0.3, -0.25) is 0 Å². The van der Waals surface area contributed by atoms with Crippen molar-refractivity contribution >= 4 is 21.9 Å². The highest BCUT2D eigenvalue weighted by molar-refractivity contribution is 5.84. The fraction of sp³-hybridized carbons (Fsp3) is 0.375. The van der Waals surface area contributed by atoms with Gasteiger partial charge in [-0.05, 0) is 82.1 Å². The summed E-state index contributed by atoms with van der Waals surface area (Å²) < 4.78 is 5.46. The number of likely N-dealkylation sites (tertiary alicyclic amines) is 1. The summed E-state index contributed by atoms with van der Waals surface area (Å²) in [4.78, 5) is 6.08. The number of hydrogen-bond donors (Lipinski definition) is 2. The molecule has 0 aliphatic carbocycles. The van der Waals surface area contributed by atoms with E-state index in [9.17, 15) is 5.11 Å². The molecule has 2 aromatic heterocycles. The second-order valence-corrected chi connectivity index (χ2v) is 8.24. The monoisotopic (exact) mass is 389 g/mol. The third-order valence-electron chi connectivity index (χ3n) is 6.38. The van der Waals surface area contributed by atoms with Crippen molar-refractivity contribution in [3.63, 3.8) is 0 Å². The van der Waals surface area contributed by atoms with Crippen molar-refractivity contribution in [3.8, 4) is 5.75 Å². The van der Waals surface area contributed by atoms with E-state index in [1.807, 2.05) is 0 Å². The van der Waals surface area contributed by atoms with Crippen LogP contribution < -0.4 is 0 Å². The minimum atomic E-state index is 0.270. The smallest absolute Gasteiger partial charge is 0.167 e. The minimum Gasteiger partial charge on any atom is -0.508 e. The number of rotatable bonds is 5. The van der Waals surface area contributed by atoms with Gasteiger partial charge in [0.1, 0.15) is 5.75 Å². The number of aromatic hydroxyl groups is 1. The van der Waals surface area contributed by atoms with E-state index < -0.39 is 0 Å². The van der Waals surface area contributed by atoms with Crippen molar-refractivity contribution < 1.29 is 9.63 Å². The summed E-state index contributed by atoms with van der Waals surface area (Å²) in [7, 11) is 0. The van der Waals surface area contributed by atoms with Gasteiger partial charge in [0, 0.05) is 27.9 Å². The molecular formula is C24H27N3O2. The number of nitrogens with one attached hydrogen (secondary N) is 1. The number of piperidine rings is 1. The van der Waals surface area contributed by atoms with Gasteiger partial charge in [-0.2, -0.15) is 0 Å². The molecule has 0 amide bonds. The fourth-order valence-corrected chi connectivity index (χ4v) is 4.81. The summed E-state index contributed by atoms with van der Waals surface area (Å²) in [6, 6.07) is 13.8. The Kier molecular flexibility index (Phi) is 4.76. The molecule has 0 unspecified atom stereocenters. The zero-order chi connectivity index (χ0) is 19.8. The largest absolute Gasteiger partial charge is 0.508 e. The Morgan fingerprint density at radius 3 is 2.83 bits per heavy atom. The van der Waals surface area contributed by atoms with E-state index in [4.69, 9.17) is 4.52 Å². The molecule has 5 nitrogen and oxygen atoms in total. The molecule has 29 heavy (non-hydrogen) atoms. The molecule has 5 rings (SSSR count). The summed E-state index contributed by atoms with van der Waals surface area (Å²) in [5, 5.41) is 16.4. The van der Waals surface area contributed by atoms with Gasteiger partial charge in [0.25, 0.3) is 0 Å². The van der Waals surface area contributed by atoms with E-state index in [1.165, 1.54) is 28.6 Å². The van der Waals surface area contributed by atoms with Gasteiger partial charge in [0.05, 0.1) is 5.69 Å². The quantitative estimate of drug-likeness (QED) is 0.496. The molecule has 1 aliphatic heterocycles. The molecule has 0 radical (unpaired) electrons. The summed E-state index contributed by atoms with van der Waals surface area (Å²) in [5.41, 5.74) is 5.77. The molecule has 0 atom stereocenters. The minimum absolute atomic E-state index is 0.270. The normalized spacial score (nSPS) is 16.2. The van der Waals surface area contributed by atoms with Crippen molar-refractivity contribution in [1.82, 2.24) is 15.0 Å². The molecule has 2 aromatic carbocycles. The average Bonchev–Trinajstić information content (AvgIpc) is 3.29. The second-order valence-electron chi connectivity index (χ2n) is 8.24. The zero-order valence-electron chi connectivity index (χ0n) is 16.8. The Morgan fingerprint density at radius 2 is 1.97 bits per heavy atom. The lowest BCUT2D eigenvalue weighted by atomic mass is 9.91. The number of H-pyrrole nitrogens is 1. The Balaban J connectivity index is 1.18. The van der Waals surface area contributed by atoms with Crippen LogP contribution in [0.2, 0.25) is 0 Å². The molecule has 5 heteroatoms. The van der Waals surface area contributed by atoms with E-state index in [0.29, 0.717) is 5.92 Å². The van der Waals surface area contributed by atoms with Gasteiger partial charge in [0.15, 0.2) is 5.58 Å². The molecule has 150 valence electrons. The van der Waals surface area contributed by atoms with Gasteiger partial charge in [-0.1, -0.05) is 23.4 Å². The van der Waals surface area contributed by atoms with Crippen LogP contribution in [0.3, 0.4) is 0 Å². The average molecular weight is 389 g/mol. The first kappa shape index (κ1) is 18.3. The standard InChI is InChI=1S/C24H27N3O2/c1-16-19(20-5-2-3-7-22(20)25-16)6-4-12-27-13-10-17(11-14-27)24-21-15-18(28)8-9-23(21)29-26-24/h2-3,5,7-9,15,17,25,28H,4,6,10-14H2,1H3.